The van der Waals surface area contributed by atoms with Crippen molar-refractivity contribution in [2.45, 2.75) is 39.7 Å². The van der Waals surface area contributed by atoms with Crippen LogP contribution >= 0.6 is 0 Å². The van der Waals surface area contributed by atoms with E-state index in [4.69, 9.17) is 10.5 Å². The maximum atomic E-state index is 5.79. The molecule has 4 nitrogen and oxygen atoms in total. The lowest BCUT2D eigenvalue weighted by Crippen LogP contribution is -2.45. The molecule has 0 aromatic heterocycles. The molecule has 1 saturated heterocycles. The topological polar surface area (TPSA) is 59.6 Å². The zero-order valence-corrected chi connectivity index (χ0v) is 10.3. The minimum atomic E-state index is -0.0271. The third-order valence-electron chi connectivity index (χ3n) is 2.43. The van der Waals surface area contributed by atoms with Crippen LogP contribution in [0.4, 0.5) is 0 Å². The van der Waals surface area contributed by atoms with E-state index in [0.717, 1.165) is 26.2 Å². The molecule has 1 atom stereocenters. The highest BCUT2D eigenvalue weighted by Crippen LogP contribution is 2.27. The van der Waals surface area contributed by atoms with Crippen LogP contribution in [-0.4, -0.2) is 31.3 Å². The summed E-state index contributed by atoms with van der Waals surface area (Å²) in [5, 5.41) is 3.15. The van der Waals surface area contributed by atoms with Crippen molar-refractivity contribution in [1.82, 2.24) is 5.32 Å². The predicted molar refractivity (Wildman–Crippen MR) is 62.9 cm³/mol. The average Bonchev–Trinajstić information content (AvgIpc) is 2.47. The third kappa shape index (κ3) is 4.51. The van der Waals surface area contributed by atoms with Crippen molar-refractivity contribution < 1.29 is 4.74 Å². The zero-order valence-electron chi connectivity index (χ0n) is 10.3. The van der Waals surface area contributed by atoms with Gasteiger partial charge in [-0.2, -0.15) is 0 Å². The van der Waals surface area contributed by atoms with Gasteiger partial charge in [0.25, 0.3) is 0 Å². The van der Waals surface area contributed by atoms with E-state index in [-0.39, 0.29) is 11.0 Å². The smallest absolute Gasteiger partial charge is 0.189 e. The van der Waals surface area contributed by atoms with Crippen molar-refractivity contribution >= 4 is 5.96 Å². The molecule has 1 rings (SSSR count). The summed E-state index contributed by atoms with van der Waals surface area (Å²) < 4.78 is 5.36. The first-order valence-electron chi connectivity index (χ1n) is 5.47. The van der Waals surface area contributed by atoms with Crippen LogP contribution in [0.25, 0.3) is 0 Å². The maximum absolute atomic E-state index is 5.79. The molecule has 1 unspecified atom stereocenters. The number of hydrogen-bond acceptors (Lipinski definition) is 2. The Morgan fingerprint density at radius 2 is 2.20 bits per heavy atom. The van der Waals surface area contributed by atoms with Crippen molar-refractivity contribution in [2.24, 2.45) is 16.1 Å². The van der Waals surface area contributed by atoms with Gasteiger partial charge in [0.15, 0.2) is 5.96 Å². The summed E-state index contributed by atoms with van der Waals surface area (Å²) in [6.45, 7) is 10.8. The molecule has 3 N–H and O–H groups in total. The number of nitrogens with zero attached hydrogens (tertiary/aromatic N) is 1. The van der Waals surface area contributed by atoms with Gasteiger partial charge in [-0.25, -0.2) is 0 Å². The second-order valence-corrected chi connectivity index (χ2v) is 5.69. The molecule has 0 spiro atoms. The Morgan fingerprint density at radius 3 is 2.67 bits per heavy atom. The van der Waals surface area contributed by atoms with Crippen LogP contribution in [0.3, 0.4) is 0 Å². The largest absolute Gasteiger partial charge is 0.381 e. The van der Waals surface area contributed by atoms with E-state index in [9.17, 15) is 0 Å². The van der Waals surface area contributed by atoms with Gasteiger partial charge in [-0.05, 0) is 27.2 Å². The highest BCUT2D eigenvalue weighted by Gasteiger charge is 2.29. The van der Waals surface area contributed by atoms with E-state index in [1.54, 1.807) is 0 Å². The Bertz CT molecular complexity index is 237. The summed E-state index contributed by atoms with van der Waals surface area (Å²) in [5.74, 6) is 0.524. The fourth-order valence-corrected chi connectivity index (χ4v) is 1.53. The molecule has 1 aliphatic rings. The number of aliphatic imine (C=N–C) groups is 1. The number of hydrogen-bond donors (Lipinski definition) is 2. The minimum Gasteiger partial charge on any atom is -0.381 e. The standard InChI is InChI=1S/C11H23N3O/c1-10(2,3)14-9(12)13-7-11(4)5-6-15-8-11/h5-8H2,1-4H3,(H3,12,13,14). The van der Waals surface area contributed by atoms with Gasteiger partial charge in [0.1, 0.15) is 0 Å². The van der Waals surface area contributed by atoms with Crippen LogP contribution in [-0.2, 0) is 4.74 Å². The highest BCUT2D eigenvalue weighted by atomic mass is 16.5. The van der Waals surface area contributed by atoms with Gasteiger partial charge < -0.3 is 15.8 Å². The van der Waals surface area contributed by atoms with E-state index < -0.39 is 0 Å². The molecule has 0 amide bonds. The number of nitrogens with one attached hydrogen (secondary N) is 1. The Hall–Kier alpha value is -0.770. The molecule has 0 bridgehead atoms. The fourth-order valence-electron chi connectivity index (χ4n) is 1.53. The molecule has 1 fully saturated rings. The zero-order chi connectivity index (χ0) is 11.5. The Kier molecular flexibility index (Phi) is 3.60. The van der Waals surface area contributed by atoms with Crippen LogP contribution in [0.1, 0.15) is 34.1 Å². The first-order chi connectivity index (χ1) is 6.81. The van der Waals surface area contributed by atoms with Gasteiger partial charge in [-0.1, -0.05) is 6.92 Å². The number of ether oxygens (including phenoxy) is 1. The van der Waals surface area contributed by atoms with Gasteiger partial charge in [-0.15, -0.1) is 0 Å². The predicted octanol–water partition coefficient (Wildman–Crippen LogP) is 1.12. The summed E-state index contributed by atoms with van der Waals surface area (Å²) in [5.41, 5.74) is 5.94. The van der Waals surface area contributed by atoms with E-state index in [2.05, 4.69) is 38.0 Å². The Balaban J connectivity index is 2.43. The lowest BCUT2D eigenvalue weighted by atomic mass is 9.90. The maximum Gasteiger partial charge on any atom is 0.189 e. The molecular weight excluding hydrogens is 190 g/mol. The van der Waals surface area contributed by atoms with E-state index in [0.29, 0.717) is 5.96 Å². The molecule has 0 saturated carbocycles. The SMILES string of the molecule is CC1(CN=C(N)NC(C)(C)C)CCOC1. The summed E-state index contributed by atoms with van der Waals surface area (Å²) in [4.78, 5) is 4.37. The second-order valence-electron chi connectivity index (χ2n) is 5.69. The lowest BCUT2D eigenvalue weighted by Gasteiger charge is -2.23. The molecular formula is C11H23N3O. The van der Waals surface area contributed by atoms with Gasteiger partial charge in [0.05, 0.1) is 13.2 Å². The first kappa shape index (κ1) is 12.3. The number of rotatable bonds is 2. The third-order valence-corrected chi connectivity index (χ3v) is 2.43. The molecule has 0 aromatic rings. The molecule has 0 aliphatic carbocycles. The van der Waals surface area contributed by atoms with Crippen molar-refractivity contribution in [3.63, 3.8) is 0 Å². The molecule has 88 valence electrons. The molecule has 0 radical (unpaired) electrons. The summed E-state index contributed by atoms with van der Waals surface area (Å²) in [7, 11) is 0. The molecule has 0 aromatic carbocycles. The monoisotopic (exact) mass is 213 g/mol. The van der Waals surface area contributed by atoms with Crippen LogP contribution < -0.4 is 11.1 Å². The van der Waals surface area contributed by atoms with E-state index in [1.807, 2.05) is 0 Å². The van der Waals surface area contributed by atoms with Crippen molar-refractivity contribution in [3.8, 4) is 0 Å². The fraction of sp³-hybridized carbons (Fsp3) is 0.909. The second kappa shape index (κ2) is 4.39. The highest BCUT2D eigenvalue weighted by molar-refractivity contribution is 5.78. The van der Waals surface area contributed by atoms with Crippen LogP contribution in [0, 0.1) is 5.41 Å². The van der Waals surface area contributed by atoms with Crippen LogP contribution in [0.5, 0.6) is 0 Å². The average molecular weight is 213 g/mol. The number of nitrogens with two attached hydrogens (primary N) is 1. The van der Waals surface area contributed by atoms with E-state index >= 15 is 0 Å². The summed E-state index contributed by atoms with van der Waals surface area (Å²) in [6, 6.07) is 0. The Labute approximate surface area is 92.3 Å². The normalized spacial score (nSPS) is 28.1. The summed E-state index contributed by atoms with van der Waals surface area (Å²) in [6.07, 6.45) is 1.07. The molecule has 15 heavy (non-hydrogen) atoms. The van der Waals surface area contributed by atoms with Crippen molar-refractivity contribution in [3.05, 3.63) is 0 Å². The van der Waals surface area contributed by atoms with Crippen molar-refractivity contribution in [1.29, 1.82) is 0 Å². The van der Waals surface area contributed by atoms with Gasteiger partial charge in [0, 0.05) is 17.6 Å². The van der Waals surface area contributed by atoms with Gasteiger partial charge >= 0.3 is 0 Å². The van der Waals surface area contributed by atoms with Crippen LogP contribution in [0.2, 0.25) is 0 Å². The van der Waals surface area contributed by atoms with Gasteiger partial charge in [-0.3, -0.25) is 4.99 Å². The lowest BCUT2D eigenvalue weighted by molar-refractivity contribution is 0.163. The van der Waals surface area contributed by atoms with Crippen molar-refractivity contribution in [2.75, 3.05) is 19.8 Å². The molecule has 1 heterocycles. The first-order valence-corrected chi connectivity index (χ1v) is 5.47. The van der Waals surface area contributed by atoms with E-state index in [1.165, 1.54) is 0 Å². The van der Waals surface area contributed by atoms with Gasteiger partial charge in [0.2, 0.25) is 0 Å². The van der Waals surface area contributed by atoms with Crippen LogP contribution in [0.15, 0.2) is 4.99 Å². The minimum absolute atomic E-state index is 0.0271. The quantitative estimate of drug-likeness (QED) is 0.534. The number of guanidine groups is 1. The Morgan fingerprint density at radius 1 is 1.53 bits per heavy atom. The molecule has 1 aliphatic heterocycles. The molecule has 4 heteroatoms. The summed E-state index contributed by atoms with van der Waals surface area (Å²) >= 11 is 0.